The van der Waals surface area contributed by atoms with Gasteiger partial charge in [0.1, 0.15) is 11.6 Å². The number of nitrogens with zero attached hydrogens (tertiary/aromatic N) is 2. The molecule has 0 aliphatic carbocycles. The average Bonchev–Trinajstić information content (AvgIpc) is 3.14. The van der Waals surface area contributed by atoms with Crippen molar-refractivity contribution in [2.45, 2.75) is 31.7 Å². The van der Waals surface area contributed by atoms with Crippen molar-refractivity contribution in [3.05, 3.63) is 58.9 Å². The van der Waals surface area contributed by atoms with Gasteiger partial charge in [-0.15, -0.1) is 0 Å². The smallest absolute Gasteiger partial charge is 0.410 e. The van der Waals surface area contributed by atoms with Crippen LogP contribution in [0.25, 0.3) is 0 Å². The Hall–Kier alpha value is -3.99. The second-order valence-electron chi connectivity index (χ2n) is 8.29. The molecule has 1 fully saturated rings. The van der Waals surface area contributed by atoms with Gasteiger partial charge < -0.3 is 20.1 Å². The number of nitrogens with one attached hydrogen (secondary N) is 2. The van der Waals surface area contributed by atoms with Crippen molar-refractivity contribution in [2.75, 3.05) is 19.4 Å². The van der Waals surface area contributed by atoms with Crippen molar-refractivity contribution in [1.29, 1.82) is 0 Å². The van der Waals surface area contributed by atoms with Crippen LogP contribution >= 0.6 is 0 Å². The standard InChI is InChI=1S/C23H23FN4O6/c1-27(2)22(32)34-14-6-7-17(24)13(10-14)11-25-18-5-3-4-15-16(18)12-28(20(15)30)23(33)9-8-19(29)26-21(23)31/h3-7,10,25,33H,8-9,11-12H2,1-2H3,(H,26,29,31). The molecule has 11 heteroatoms. The molecule has 2 aromatic carbocycles. The molecule has 178 valence electrons. The molecule has 1 saturated heterocycles. The minimum Gasteiger partial charge on any atom is -0.410 e. The zero-order chi connectivity index (χ0) is 24.6. The molecule has 2 aliphatic rings. The highest BCUT2D eigenvalue weighted by Gasteiger charge is 2.51. The molecule has 3 N–H and O–H groups in total. The van der Waals surface area contributed by atoms with Crippen LogP contribution in [0, 0.1) is 5.82 Å². The van der Waals surface area contributed by atoms with Gasteiger partial charge in [-0.3, -0.25) is 24.6 Å². The van der Waals surface area contributed by atoms with Gasteiger partial charge in [0.2, 0.25) is 11.6 Å². The van der Waals surface area contributed by atoms with Crippen LogP contribution in [0.4, 0.5) is 14.9 Å². The number of fused-ring (bicyclic) bond motifs is 1. The fourth-order valence-corrected chi connectivity index (χ4v) is 3.88. The van der Waals surface area contributed by atoms with Crippen molar-refractivity contribution in [3.8, 4) is 5.75 Å². The number of ether oxygens (including phenoxy) is 1. The monoisotopic (exact) mass is 470 g/mol. The SMILES string of the molecule is CN(C)C(=O)Oc1ccc(F)c(CNc2cccc3c2CN(C2(O)CCC(=O)NC2=O)C3=O)c1. The van der Waals surface area contributed by atoms with Gasteiger partial charge in [0.05, 0.1) is 6.54 Å². The summed E-state index contributed by atoms with van der Waals surface area (Å²) in [6, 6.07) is 8.82. The lowest BCUT2D eigenvalue weighted by atomic mass is 10.00. The van der Waals surface area contributed by atoms with Gasteiger partial charge in [-0.1, -0.05) is 6.07 Å². The summed E-state index contributed by atoms with van der Waals surface area (Å²) in [5.74, 6) is -2.33. The molecule has 0 bridgehead atoms. The lowest BCUT2D eigenvalue weighted by Crippen LogP contribution is -2.63. The fraction of sp³-hybridized carbons (Fsp3) is 0.304. The van der Waals surface area contributed by atoms with E-state index in [0.717, 1.165) is 4.90 Å². The van der Waals surface area contributed by atoms with E-state index in [0.29, 0.717) is 11.3 Å². The van der Waals surface area contributed by atoms with E-state index in [9.17, 15) is 28.7 Å². The summed E-state index contributed by atoms with van der Waals surface area (Å²) in [5, 5.41) is 16.0. The number of benzene rings is 2. The van der Waals surface area contributed by atoms with Crippen LogP contribution < -0.4 is 15.4 Å². The molecule has 34 heavy (non-hydrogen) atoms. The topological polar surface area (TPSA) is 128 Å². The molecule has 0 radical (unpaired) electrons. The van der Waals surface area contributed by atoms with E-state index in [2.05, 4.69) is 10.6 Å². The Morgan fingerprint density at radius 3 is 2.74 bits per heavy atom. The number of carbonyl (C=O) groups is 4. The van der Waals surface area contributed by atoms with Gasteiger partial charge in [-0.05, 0) is 30.3 Å². The maximum Gasteiger partial charge on any atom is 0.414 e. The highest BCUT2D eigenvalue weighted by atomic mass is 19.1. The van der Waals surface area contributed by atoms with E-state index >= 15 is 0 Å². The molecular weight excluding hydrogens is 447 g/mol. The molecular formula is C23H23FN4O6. The number of amides is 4. The third-order valence-corrected chi connectivity index (χ3v) is 5.79. The Kier molecular flexibility index (Phi) is 5.96. The van der Waals surface area contributed by atoms with Gasteiger partial charge in [-0.25, -0.2) is 9.18 Å². The summed E-state index contributed by atoms with van der Waals surface area (Å²) in [4.78, 5) is 50.8. The zero-order valence-corrected chi connectivity index (χ0v) is 18.6. The number of hydrogen-bond acceptors (Lipinski definition) is 7. The molecule has 1 unspecified atom stereocenters. The Morgan fingerprint density at radius 2 is 2.03 bits per heavy atom. The molecule has 4 rings (SSSR count). The number of carbonyl (C=O) groups excluding carboxylic acids is 4. The second-order valence-corrected chi connectivity index (χ2v) is 8.29. The number of aliphatic hydroxyl groups is 1. The number of halogens is 1. The molecule has 0 aromatic heterocycles. The van der Waals surface area contributed by atoms with Gasteiger partial charge >= 0.3 is 6.09 Å². The average molecular weight is 470 g/mol. The molecule has 2 aromatic rings. The van der Waals surface area contributed by atoms with Gasteiger partial charge in [0.25, 0.3) is 11.8 Å². The van der Waals surface area contributed by atoms with Crippen molar-refractivity contribution in [2.24, 2.45) is 0 Å². The number of imide groups is 1. The molecule has 10 nitrogen and oxygen atoms in total. The zero-order valence-electron chi connectivity index (χ0n) is 18.6. The first kappa shape index (κ1) is 23.2. The number of piperidine rings is 1. The van der Waals surface area contributed by atoms with Crippen LogP contribution in [0.5, 0.6) is 5.75 Å². The maximum absolute atomic E-state index is 14.4. The first-order valence-corrected chi connectivity index (χ1v) is 10.5. The van der Waals surface area contributed by atoms with Crippen LogP contribution in [0.2, 0.25) is 0 Å². The quantitative estimate of drug-likeness (QED) is 0.566. The summed E-state index contributed by atoms with van der Waals surface area (Å²) in [7, 11) is 3.06. The third-order valence-electron chi connectivity index (χ3n) is 5.79. The van der Waals surface area contributed by atoms with Crippen molar-refractivity contribution in [3.63, 3.8) is 0 Å². The highest BCUT2D eigenvalue weighted by Crippen LogP contribution is 2.36. The Balaban J connectivity index is 1.53. The predicted molar refractivity (Wildman–Crippen MR) is 117 cm³/mol. The maximum atomic E-state index is 14.4. The number of rotatable bonds is 5. The number of hydrogen-bond donors (Lipinski definition) is 3. The normalized spacial score (nSPS) is 19.5. The van der Waals surface area contributed by atoms with E-state index in [1.54, 1.807) is 18.2 Å². The van der Waals surface area contributed by atoms with Gasteiger partial charge in [0.15, 0.2) is 0 Å². The highest BCUT2D eigenvalue weighted by molar-refractivity contribution is 6.07. The van der Waals surface area contributed by atoms with Crippen LogP contribution in [-0.2, 0) is 22.7 Å². The van der Waals surface area contributed by atoms with E-state index in [1.807, 2.05) is 0 Å². The van der Waals surface area contributed by atoms with Crippen LogP contribution in [0.3, 0.4) is 0 Å². The second kappa shape index (κ2) is 8.75. The molecule has 2 heterocycles. The van der Waals surface area contributed by atoms with Gasteiger partial charge in [0, 0.05) is 55.9 Å². The molecule has 0 spiro atoms. The molecule has 0 saturated carbocycles. The minimum atomic E-state index is -2.14. The number of anilines is 1. The predicted octanol–water partition coefficient (Wildman–Crippen LogP) is 1.58. The van der Waals surface area contributed by atoms with Crippen molar-refractivity contribution >= 4 is 29.5 Å². The molecule has 4 amide bonds. The van der Waals surface area contributed by atoms with E-state index < -0.39 is 35.4 Å². The van der Waals surface area contributed by atoms with Gasteiger partial charge in [-0.2, -0.15) is 0 Å². The lowest BCUT2D eigenvalue weighted by molar-refractivity contribution is -0.167. The molecule has 1 atom stereocenters. The largest absolute Gasteiger partial charge is 0.414 e. The lowest BCUT2D eigenvalue weighted by Gasteiger charge is -2.37. The Morgan fingerprint density at radius 1 is 1.26 bits per heavy atom. The van der Waals surface area contributed by atoms with Crippen molar-refractivity contribution < 1.29 is 33.4 Å². The van der Waals surface area contributed by atoms with Crippen LogP contribution in [0.1, 0.15) is 34.3 Å². The minimum absolute atomic E-state index is 0.0170. The van der Waals surface area contributed by atoms with Crippen molar-refractivity contribution in [1.82, 2.24) is 15.1 Å². The Bertz CT molecular complexity index is 1200. The third kappa shape index (κ3) is 4.17. The van der Waals surface area contributed by atoms with E-state index in [4.69, 9.17) is 4.74 Å². The van der Waals surface area contributed by atoms with E-state index in [-0.39, 0.29) is 42.8 Å². The Labute approximate surface area is 194 Å². The summed E-state index contributed by atoms with van der Waals surface area (Å²) >= 11 is 0. The van der Waals surface area contributed by atoms with E-state index in [1.165, 1.54) is 37.2 Å². The summed E-state index contributed by atoms with van der Waals surface area (Å²) in [5.41, 5.74) is -0.581. The fourth-order valence-electron chi connectivity index (χ4n) is 3.88. The summed E-state index contributed by atoms with van der Waals surface area (Å²) in [6.45, 7) is -0.0541. The summed E-state index contributed by atoms with van der Waals surface area (Å²) < 4.78 is 19.5. The molecule has 2 aliphatic heterocycles. The van der Waals surface area contributed by atoms with Crippen LogP contribution in [-0.4, -0.2) is 58.5 Å². The first-order valence-electron chi connectivity index (χ1n) is 10.5. The first-order chi connectivity index (χ1) is 16.1. The summed E-state index contributed by atoms with van der Waals surface area (Å²) in [6.07, 6.45) is -0.901. The van der Waals surface area contributed by atoms with Crippen LogP contribution in [0.15, 0.2) is 36.4 Å².